The molecule has 1 aliphatic carbocycles. The fourth-order valence-electron chi connectivity index (χ4n) is 2.76. The number of amides is 1. The topological polar surface area (TPSA) is 90.1 Å². The van der Waals surface area contributed by atoms with Crippen LogP contribution in [-0.4, -0.2) is 20.6 Å². The van der Waals surface area contributed by atoms with Gasteiger partial charge >= 0.3 is 5.00 Å². The quantitative estimate of drug-likeness (QED) is 0.688. The van der Waals surface area contributed by atoms with Crippen LogP contribution < -0.4 is 5.32 Å². The van der Waals surface area contributed by atoms with E-state index >= 15 is 0 Å². The molecule has 22 heavy (non-hydrogen) atoms. The van der Waals surface area contributed by atoms with E-state index in [-0.39, 0.29) is 10.9 Å². The van der Waals surface area contributed by atoms with Gasteiger partial charge in [0.2, 0.25) is 0 Å². The maximum atomic E-state index is 12.2. The number of rotatable bonds is 4. The van der Waals surface area contributed by atoms with Gasteiger partial charge in [0.25, 0.3) is 5.91 Å². The van der Waals surface area contributed by atoms with Crippen LogP contribution in [0.3, 0.4) is 0 Å². The predicted octanol–water partition coefficient (Wildman–Crippen LogP) is 3.61. The number of carbonyl (C=O) groups excluding carboxylic acids is 1. The predicted molar refractivity (Wildman–Crippen MR) is 83.3 cm³/mol. The molecular formula is C14H16N4O3S. The molecule has 0 aliphatic heterocycles. The van der Waals surface area contributed by atoms with Crippen LogP contribution in [0.2, 0.25) is 0 Å². The van der Waals surface area contributed by atoms with E-state index < -0.39 is 4.92 Å². The van der Waals surface area contributed by atoms with Crippen LogP contribution in [-0.2, 0) is 0 Å². The molecule has 7 nitrogen and oxygen atoms in total. The molecule has 0 spiro atoms. The number of thiophene rings is 1. The second-order valence-corrected chi connectivity index (χ2v) is 6.36. The maximum absolute atomic E-state index is 12.2. The van der Waals surface area contributed by atoms with Crippen molar-refractivity contribution in [1.82, 2.24) is 9.78 Å². The molecule has 2 aromatic rings. The zero-order valence-corrected chi connectivity index (χ0v) is 12.7. The molecule has 0 unspecified atom stereocenters. The Balaban J connectivity index is 1.73. The molecule has 0 saturated heterocycles. The maximum Gasteiger partial charge on any atom is 0.324 e. The molecule has 3 rings (SSSR count). The van der Waals surface area contributed by atoms with Crippen LogP contribution in [0.25, 0.3) is 0 Å². The highest BCUT2D eigenvalue weighted by atomic mass is 32.1. The summed E-state index contributed by atoms with van der Waals surface area (Å²) >= 11 is 0.872. The normalized spacial score (nSPS) is 15.6. The average Bonchev–Trinajstić information content (AvgIpc) is 3.17. The Bertz CT molecular complexity index is 688. The first-order valence-electron chi connectivity index (χ1n) is 7.24. The fraction of sp³-hybridized carbons (Fsp3) is 0.429. The number of carbonyl (C=O) groups is 1. The minimum absolute atomic E-state index is 0.0362. The summed E-state index contributed by atoms with van der Waals surface area (Å²) in [7, 11) is 0. The second kappa shape index (κ2) is 6.27. The Kier molecular flexibility index (Phi) is 4.19. The monoisotopic (exact) mass is 320 g/mol. The van der Waals surface area contributed by atoms with Gasteiger partial charge in [-0.3, -0.25) is 14.9 Å². The second-order valence-electron chi connectivity index (χ2n) is 5.30. The van der Waals surface area contributed by atoms with Crippen LogP contribution in [0.1, 0.15) is 47.8 Å². The van der Waals surface area contributed by atoms with E-state index in [1.165, 1.54) is 31.4 Å². The van der Waals surface area contributed by atoms with Crippen LogP contribution in [0, 0.1) is 10.1 Å². The number of nitrogens with one attached hydrogen (secondary N) is 1. The van der Waals surface area contributed by atoms with Gasteiger partial charge in [0.05, 0.1) is 22.0 Å². The van der Waals surface area contributed by atoms with E-state index in [0.717, 1.165) is 24.2 Å². The molecule has 2 aromatic heterocycles. The van der Waals surface area contributed by atoms with Crippen LogP contribution in [0.4, 0.5) is 10.8 Å². The van der Waals surface area contributed by atoms with E-state index in [0.29, 0.717) is 16.7 Å². The summed E-state index contributed by atoms with van der Waals surface area (Å²) in [5, 5.41) is 17.8. The largest absolute Gasteiger partial charge is 0.324 e. The third kappa shape index (κ3) is 3.01. The van der Waals surface area contributed by atoms with Gasteiger partial charge in [-0.25, -0.2) is 4.68 Å². The smallest absolute Gasteiger partial charge is 0.306 e. The number of hydrogen-bond acceptors (Lipinski definition) is 5. The zero-order valence-electron chi connectivity index (χ0n) is 11.9. The number of aromatic nitrogens is 2. The van der Waals surface area contributed by atoms with Gasteiger partial charge < -0.3 is 5.32 Å². The summed E-state index contributed by atoms with van der Waals surface area (Å²) in [4.78, 5) is 22.7. The molecule has 1 saturated carbocycles. The van der Waals surface area contributed by atoms with Gasteiger partial charge in [0.15, 0.2) is 0 Å². The van der Waals surface area contributed by atoms with E-state index in [9.17, 15) is 14.9 Å². The first-order valence-corrected chi connectivity index (χ1v) is 8.06. The van der Waals surface area contributed by atoms with Crippen molar-refractivity contribution in [2.45, 2.75) is 38.1 Å². The first kappa shape index (κ1) is 14.7. The lowest BCUT2D eigenvalue weighted by Crippen LogP contribution is -2.19. The molecule has 1 fully saturated rings. The van der Waals surface area contributed by atoms with Crippen molar-refractivity contribution in [1.29, 1.82) is 0 Å². The molecule has 8 heteroatoms. The number of anilines is 1. The van der Waals surface area contributed by atoms with Crippen molar-refractivity contribution < 1.29 is 9.72 Å². The van der Waals surface area contributed by atoms with E-state index in [1.807, 2.05) is 4.68 Å². The molecule has 2 heterocycles. The minimum atomic E-state index is -0.492. The molecule has 1 amide bonds. The SMILES string of the molecule is O=C(Nc1ccnn1C1CCCCC1)c1ccc([N+](=O)[O-])s1. The summed E-state index contributed by atoms with van der Waals surface area (Å²) in [5.74, 6) is 0.309. The zero-order chi connectivity index (χ0) is 15.5. The minimum Gasteiger partial charge on any atom is -0.306 e. The summed E-state index contributed by atoms with van der Waals surface area (Å²) in [6, 6.07) is 4.89. The first-order chi connectivity index (χ1) is 10.6. The van der Waals surface area contributed by atoms with E-state index in [4.69, 9.17) is 0 Å². The van der Waals surface area contributed by atoms with Crippen molar-refractivity contribution >= 4 is 28.1 Å². The lowest BCUT2D eigenvalue weighted by atomic mass is 9.96. The van der Waals surface area contributed by atoms with E-state index in [2.05, 4.69) is 10.4 Å². The van der Waals surface area contributed by atoms with Gasteiger partial charge in [-0.15, -0.1) is 0 Å². The third-order valence-electron chi connectivity index (χ3n) is 3.83. The average molecular weight is 320 g/mol. The Labute approximate surface area is 131 Å². The Morgan fingerprint density at radius 1 is 1.32 bits per heavy atom. The number of hydrogen-bond donors (Lipinski definition) is 1. The van der Waals surface area contributed by atoms with Gasteiger partial charge in [-0.1, -0.05) is 30.6 Å². The molecule has 0 atom stereocenters. The molecule has 0 aromatic carbocycles. The van der Waals surface area contributed by atoms with E-state index in [1.54, 1.807) is 12.3 Å². The summed E-state index contributed by atoms with van der Waals surface area (Å²) in [6.45, 7) is 0. The highest BCUT2D eigenvalue weighted by molar-refractivity contribution is 7.17. The summed E-state index contributed by atoms with van der Waals surface area (Å²) < 4.78 is 1.86. The number of nitrogens with zero attached hydrogens (tertiary/aromatic N) is 3. The van der Waals surface area contributed by atoms with Crippen molar-refractivity contribution in [2.24, 2.45) is 0 Å². The molecule has 1 aliphatic rings. The lowest BCUT2D eigenvalue weighted by molar-refractivity contribution is -0.380. The fourth-order valence-corrected chi connectivity index (χ4v) is 3.47. The van der Waals surface area contributed by atoms with Gasteiger partial charge in [0.1, 0.15) is 5.82 Å². The van der Waals surface area contributed by atoms with Crippen molar-refractivity contribution in [3.8, 4) is 0 Å². The highest BCUT2D eigenvalue weighted by Gasteiger charge is 2.21. The Hall–Kier alpha value is -2.22. The third-order valence-corrected chi connectivity index (χ3v) is 4.86. The van der Waals surface area contributed by atoms with Gasteiger partial charge in [0, 0.05) is 12.1 Å². The lowest BCUT2D eigenvalue weighted by Gasteiger charge is -2.23. The summed E-state index contributed by atoms with van der Waals surface area (Å²) in [6.07, 6.45) is 7.40. The van der Waals surface area contributed by atoms with Gasteiger partial charge in [-0.2, -0.15) is 5.10 Å². The molecule has 116 valence electrons. The van der Waals surface area contributed by atoms with Crippen LogP contribution >= 0.6 is 11.3 Å². The highest BCUT2D eigenvalue weighted by Crippen LogP contribution is 2.30. The Morgan fingerprint density at radius 2 is 2.09 bits per heavy atom. The van der Waals surface area contributed by atoms with Crippen LogP contribution in [0.15, 0.2) is 24.4 Å². The molecule has 0 bridgehead atoms. The van der Waals surface area contributed by atoms with Crippen molar-refractivity contribution in [3.05, 3.63) is 39.4 Å². The van der Waals surface area contributed by atoms with Crippen LogP contribution in [0.5, 0.6) is 0 Å². The summed E-state index contributed by atoms with van der Waals surface area (Å²) in [5.41, 5.74) is 0. The van der Waals surface area contributed by atoms with Gasteiger partial charge in [-0.05, 0) is 18.9 Å². The molecule has 0 radical (unpaired) electrons. The standard InChI is InChI=1S/C14H16N4O3S/c19-14(11-6-7-13(22-11)18(20)21)16-12-8-9-15-17(12)10-4-2-1-3-5-10/h6-10H,1-5H2,(H,16,19). The number of nitro groups is 1. The molecular weight excluding hydrogens is 304 g/mol. The molecule has 1 N–H and O–H groups in total. The Morgan fingerprint density at radius 3 is 2.77 bits per heavy atom. The van der Waals surface area contributed by atoms with Crippen molar-refractivity contribution in [2.75, 3.05) is 5.32 Å². The van der Waals surface area contributed by atoms with Crippen molar-refractivity contribution in [3.63, 3.8) is 0 Å².